The third-order valence-electron chi connectivity index (χ3n) is 7.62. The van der Waals surface area contributed by atoms with Crippen LogP contribution >= 0.6 is 23.4 Å². The summed E-state index contributed by atoms with van der Waals surface area (Å²) in [6, 6.07) is 12.8. The number of benzene rings is 2. The smallest absolute Gasteiger partial charge is 0.252 e. The minimum absolute atomic E-state index is 0.0132. The van der Waals surface area contributed by atoms with Crippen LogP contribution in [0.1, 0.15) is 54.4 Å². The fourth-order valence-corrected chi connectivity index (χ4v) is 7.72. The minimum atomic E-state index is -0.188. The molecule has 0 aromatic heterocycles. The average molecular weight is 499 g/mol. The number of halogens is 1. The maximum Gasteiger partial charge on any atom is 0.252 e. The van der Waals surface area contributed by atoms with Gasteiger partial charge in [0.25, 0.3) is 5.91 Å². The molecule has 4 fully saturated rings. The molecule has 4 aliphatic carbocycles. The van der Waals surface area contributed by atoms with Crippen molar-refractivity contribution in [3.63, 3.8) is 0 Å². The van der Waals surface area contributed by atoms with E-state index in [9.17, 15) is 9.59 Å². The molecule has 0 unspecified atom stereocenters. The van der Waals surface area contributed by atoms with Crippen molar-refractivity contribution in [2.24, 2.45) is 17.8 Å². The predicted octanol–water partition coefficient (Wildman–Crippen LogP) is 5.46. The predicted molar refractivity (Wildman–Crippen MR) is 135 cm³/mol. The highest BCUT2D eigenvalue weighted by Gasteiger charge is 2.51. The molecule has 4 aliphatic rings. The highest BCUT2D eigenvalue weighted by molar-refractivity contribution is 8.00. The van der Waals surface area contributed by atoms with Gasteiger partial charge in [0.15, 0.2) is 0 Å². The van der Waals surface area contributed by atoms with Gasteiger partial charge in [0.2, 0.25) is 5.91 Å². The fourth-order valence-electron chi connectivity index (χ4n) is 6.68. The van der Waals surface area contributed by atoms with Crippen LogP contribution in [0.15, 0.2) is 47.4 Å². The molecule has 2 amide bonds. The van der Waals surface area contributed by atoms with E-state index < -0.39 is 0 Å². The van der Waals surface area contributed by atoms with E-state index in [1.165, 1.54) is 31.0 Å². The number of carbonyl (C=O) groups is 2. The first-order chi connectivity index (χ1) is 16.4. The van der Waals surface area contributed by atoms with Crippen LogP contribution in [0.3, 0.4) is 0 Å². The van der Waals surface area contributed by atoms with Crippen LogP contribution < -0.4 is 15.4 Å². The fraction of sp³-hybridized carbons (Fsp3) is 0.481. The van der Waals surface area contributed by atoms with Crippen molar-refractivity contribution < 1.29 is 14.3 Å². The number of carbonyl (C=O) groups excluding carboxylic acids is 2. The summed E-state index contributed by atoms with van der Waals surface area (Å²) in [6.07, 6.45) is 7.48. The number of rotatable bonds is 8. The van der Waals surface area contributed by atoms with Crippen molar-refractivity contribution in [3.8, 4) is 5.75 Å². The molecule has 7 heteroatoms. The Hall–Kier alpha value is -2.18. The molecular weight excluding hydrogens is 468 g/mol. The Bertz CT molecular complexity index is 1050. The molecule has 34 heavy (non-hydrogen) atoms. The maximum absolute atomic E-state index is 13.0. The number of ether oxygens (including phenoxy) is 1. The van der Waals surface area contributed by atoms with Crippen molar-refractivity contribution in [1.82, 2.24) is 10.6 Å². The lowest BCUT2D eigenvalue weighted by Crippen LogP contribution is -2.60. The van der Waals surface area contributed by atoms with E-state index in [4.69, 9.17) is 16.3 Å². The molecule has 2 aromatic carbocycles. The third kappa shape index (κ3) is 5.08. The van der Waals surface area contributed by atoms with Gasteiger partial charge in [-0.1, -0.05) is 23.7 Å². The van der Waals surface area contributed by atoms with Gasteiger partial charge in [-0.3, -0.25) is 9.59 Å². The molecule has 2 aromatic rings. The van der Waals surface area contributed by atoms with E-state index in [0.717, 1.165) is 47.5 Å². The van der Waals surface area contributed by atoms with E-state index in [0.29, 0.717) is 28.6 Å². The van der Waals surface area contributed by atoms with Gasteiger partial charge in [0.1, 0.15) is 5.75 Å². The lowest BCUT2D eigenvalue weighted by atomic mass is 9.53. The van der Waals surface area contributed by atoms with Gasteiger partial charge in [0.05, 0.1) is 18.4 Å². The number of nitrogens with one attached hydrogen (secondary N) is 2. The molecule has 0 aliphatic heterocycles. The van der Waals surface area contributed by atoms with Crippen LogP contribution in [0.2, 0.25) is 5.02 Å². The van der Waals surface area contributed by atoms with Gasteiger partial charge in [0, 0.05) is 27.6 Å². The molecule has 6 rings (SSSR count). The van der Waals surface area contributed by atoms with Crippen molar-refractivity contribution in [3.05, 3.63) is 58.6 Å². The Kier molecular flexibility index (Phi) is 6.81. The van der Waals surface area contributed by atoms with E-state index in [1.54, 1.807) is 31.4 Å². The van der Waals surface area contributed by atoms with Gasteiger partial charge < -0.3 is 15.4 Å². The highest BCUT2D eigenvalue weighted by atomic mass is 35.5. The second-order valence-electron chi connectivity index (χ2n) is 10.2. The number of methoxy groups -OCH3 is 1. The molecule has 0 radical (unpaired) electrons. The van der Waals surface area contributed by atoms with Gasteiger partial charge in [-0.2, -0.15) is 0 Å². The summed E-state index contributed by atoms with van der Waals surface area (Å²) in [4.78, 5) is 26.7. The van der Waals surface area contributed by atoms with E-state index in [2.05, 4.69) is 10.6 Å². The lowest BCUT2D eigenvalue weighted by molar-refractivity contribution is -0.124. The molecule has 0 heterocycles. The quantitative estimate of drug-likeness (QED) is 0.474. The summed E-state index contributed by atoms with van der Waals surface area (Å²) >= 11 is 7.53. The Balaban J connectivity index is 1.19. The first-order valence-corrected chi connectivity index (χ1v) is 13.4. The zero-order valence-electron chi connectivity index (χ0n) is 19.4. The highest BCUT2D eigenvalue weighted by Crippen LogP contribution is 2.55. The molecular formula is C27H31ClN2O3S. The topological polar surface area (TPSA) is 67.4 Å². The van der Waals surface area contributed by atoms with E-state index in [-0.39, 0.29) is 17.4 Å². The first-order valence-electron chi connectivity index (χ1n) is 12.1. The summed E-state index contributed by atoms with van der Waals surface area (Å²) in [5.41, 5.74) is 1.39. The summed E-state index contributed by atoms with van der Waals surface area (Å²) in [7, 11) is 1.59. The summed E-state index contributed by atoms with van der Waals surface area (Å²) < 4.78 is 5.37. The number of hydrogen-bond donors (Lipinski definition) is 2. The standard InChI is InChI=1S/C27H31ClN2O3S/c1-33-23-7-6-21(28)11-20(23)15-29-26(32)22-4-2-3-5-24(22)34-16-25(31)30-27-12-17-8-18(13-27)10-19(9-17)14-27/h2-7,11,17-19H,8-10,12-16H2,1H3,(H,29,32)(H,30,31). The second kappa shape index (κ2) is 9.82. The van der Waals surface area contributed by atoms with Crippen molar-refractivity contribution in [2.45, 2.75) is 55.5 Å². The summed E-state index contributed by atoms with van der Waals surface area (Å²) in [5, 5.41) is 6.97. The Labute approximate surface area is 210 Å². The molecule has 180 valence electrons. The molecule has 0 spiro atoms. The lowest BCUT2D eigenvalue weighted by Gasteiger charge is -2.56. The van der Waals surface area contributed by atoms with Crippen molar-refractivity contribution in [1.29, 1.82) is 0 Å². The van der Waals surface area contributed by atoms with Crippen LogP contribution in [0.4, 0.5) is 0 Å². The molecule has 0 atom stereocenters. The normalized spacial score (nSPS) is 26.8. The largest absolute Gasteiger partial charge is 0.496 e. The summed E-state index contributed by atoms with van der Waals surface area (Å²) in [6.45, 7) is 0.300. The van der Waals surface area contributed by atoms with E-state index >= 15 is 0 Å². The van der Waals surface area contributed by atoms with Gasteiger partial charge in [-0.05, 0) is 86.6 Å². The zero-order valence-corrected chi connectivity index (χ0v) is 21.0. The maximum atomic E-state index is 13.0. The van der Waals surface area contributed by atoms with Crippen LogP contribution in [-0.4, -0.2) is 30.2 Å². The van der Waals surface area contributed by atoms with Gasteiger partial charge in [-0.25, -0.2) is 0 Å². The van der Waals surface area contributed by atoms with Crippen LogP contribution in [-0.2, 0) is 11.3 Å². The van der Waals surface area contributed by atoms with E-state index in [1.807, 2.05) is 18.2 Å². The molecule has 0 saturated heterocycles. The van der Waals surface area contributed by atoms with Gasteiger partial charge in [-0.15, -0.1) is 11.8 Å². The number of amides is 2. The SMILES string of the molecule is COc1ccc(Cl)cc1CNC(=O)c1ccccc1SCC(=O)NC12CC3CC(CC(C3)C1)C2. The monoisotopic (exact) mass is 498 g/mol. The molecule has 4 bridgehead atoms. The Morgan fingerprint density at radius 2 is 1.74 bits per heavy atom. The van der Waals surface area contributed by atoms with Crippen LogP contribution in [0, 0.1) is 17.8 Å². The van der Waals surface area contributed by atoms with Crippen molar-refractivity contribution in [2.75, 3.05) is 12.9 Å². The Morgan fingerprint density at radius 3 is 2.41 bits per heavy atom. The molecule has 5 nitrogen and oxygen atoms in total. The van der Waals surface area contributed by atoms with Crippen LogP contribution in [0.5, 0.6) is 5.75 Å². The average Bonchev–Trinajstić information content (AvgIpc) is 2.80. The molecule has 2 N–H and O–H groups in total. The Morgan fingerprint density at radius 1 is 1.06 bits per heavy atom. The van der Waals surface area contributed by atoms with Crippen molar-refractivity contribution >= 4 is 35.2 Å². The minimum Gasteiger partial charge on any atom is -0.496 e. The first kappa shape index (κ1) is 23.6. The number of hydrogen-bond acceptors (Lipinski definition) is 4. The third-order valence-corrected chi connectivity index (χ3v) is 8.92. The zero-order chi connectivity index (χ0) is 23.7. The van der Waals surface area contributed by atoms with Gasteiger partial charge >= 0.3 is 0 Å². The molecule has 4 saturated carbocycles. The summed E-state index contributed by atoms with van der Waals surface area (Å²) in [5.74, 6) is 3.25. The van der Waals surface area contributed by atoms with Crippen LogP contribution in [0.25, 0.3) is 0 Å². The number of thioether (sulfide) groups is 1. The second-order valence-corrected chi connectivity index (χ2v) is 11.6.